The first kappa shape index (κ1) is 26.7. The largest absolute Gasteiger partial charge is 0.394 e. The lowest BCUT2D eigenvalue weighted by molar-refractivity contribution is -0.124. The van der Waals surface area contributed by atoms with Crippen molar-refractivity contribution in [1.29, 1.82) is 0 Å². The molecule has 2 heterocycles. The second-order valence-electron chi connectivity index (χ2n) is 8.96. The lowest BCUT2D eigenvalue weighted by atomic mass is 9.98. The van der Waals surface area contributed by atoms with Gasteiger partial charge in [0.15, 0.2) is 17.7 Å². The van der Waals surface area contributed by atoms with Crippen LogP contribution in [0.25, 0.3) is 0 Å². The monoisotopic (exact) mass is 455 g/mol. The summed E-state index contributed by atoms with van der Waals surface area (Å²) in [5.74, 6) is -0.279. The third kappa shape index (κ3) is 7.25. The molecule has 9 nitrogen and oxygen atoms in total. The fourth-order valence-corrected chi connectivity index (χ4v) is 4.18. The molecule has 184 valence electrons. The van der Waals surface area contributed by atoms with Gasteiger partial charge in [0.05, 0.1) is 6.61 Å². The fourth-order valence-electron chi connectivity index (χ4n) is 4.18. The van der Waals surface area contributed by atoms with Crippen LogP contribution in [0, 0.1) is 0 Å². The zero-order chi connectivity index (χ0) is 23.6. The number of nitrogens with zero attached hydrogens (tertiary/aromatic N) is 1. The Bertz CT molecular complexity index is 631. The standard InChI is InChI=1S/C23H41N3O6/c1-2-3-4-5-6-7-8-9-10-11-12-13-18(28)23(24)14-15-26(22(31)25-23)21-20(30)19(29)17(16-27)32-21/h14-15,17,19-21,27,29-30H,2-13,16,24H2,1H3,(H,25,31)/t17-,19-,20+,21-,23?/m1/s1. The first-order valence-electron chi connectivity index (χ1n) is 12.1. The lowest BCUT2D eigenvalue weighted by Gasteiger charge is -2.36. The van der Waals surface area contributed by atoms with Crippen molar-refractivity contribution in [2.45, 2.75) is 114 Å². The number of amides is 2. The summed E-state index contributed by atoms with van der Waals surface area (Å²) >= 11 is 0. The van der Waals surface area contributed by atoms with Crippen LogP contribution in [0.3, 0.4) is 0 Å². The number of ketones is 1. The maximum Gasteiger partial charge on any atom is 0.325 e. The Morgan fingerprint density at radius 1 is 1.06 bits per heavy atom. The molecule has 32 heavy (non-hydrogen) atoms. The molecule has 0 aromatic rings. The maximum absolute atomic E-state index is 12.6. The molecule has 1 fully saturated rings. The first-order chi connectivity index (χ1) is 15.3. The number of aliphatic hydroxyl groups is 3. The number of unbranched alkanes of at least 4 members (excludes halogenated alkanes) is 10. The Morgan fingerprint density at radius 2 is 1.62 bits per heavy atom. The van der Waals surface area contributed by atoms with Gasteiger partial charge < -0.3 is 25.4 Å². The van der Waals surface area contributed by atoms with Crippen molar-refractivity contribution in [2.24, 2.45) is 5.73 Å². The van der Waals surface area contributed by atoms with Crippen molar-refractivity contribution < 1.29 is 29.6 Å². The average molecular weight is 456 g/mol. The molecule has 0 bridgehead atoms. The molecule has 6 N–H and O–H groups in total. The maximum atomic E-state index is 12.6. The van der Waals surface area contributed by atoms with Gasteiger partial charge in [-0.3, -0.25) is 15.4 Å². The van der Waals surface area contributed by atoms with E-state index in [1.165, 1.54) is 63.6 Å². The number of hydrogen-bond donors (Lipinski definition) is 5. The van der Waals surface area contributed by atoms with Gasteiger partial charge in [-0.25, -0.2) is 4.79 Å². The van der Waals surface area contributed by atoms with Gasteiger partial charge >= 0.3 is 6.03 Å². The van der Waals surface area contributed by atoms with Gasteiger partial charge in [0.2, 0.25) is 0 Å². The molecule has 2 rings (SSSR count). The zero-order valence-electron chi connectivity index (χ0n) is 19.2. The quantitative estimate of drug-likeness (QED) is 0.237. The van der Waals surface area contributed by atoms with Gasteiger partial charge in [0.25, 0.3) is 0 Å². The first-order valence-corrected chi connectivity index (χ1v) is 12.1. The van der Waals surface area contributed by atoms with Crippen LogP contribution in [0.5, 0.6) is 0 Å². The number of nitrogens with one attached hydrogen (secondary N) is 1. The van der Waals surface area contributed by atoms with Crippen molar-refractivity contribution in [3.05, 3.63) is 12.3 Å². The van der Waals surface area contributed by atoms with E-state index >= 15 is 0 Å². The summed E-state index contributed by atoms with van der Waals surface area (Å²) in [5.41, 5.74) is 4.51. The van der Waals surface area contributed by atoms with Crippen LogP contribution in [0.4, 0.5) is 4.79 Å². The van der Waals surface area contributed by atoms with E-state index in [4.69, 9.17) is 10.5 Å². The van der Waals surface area contributed by atoms with Crippen LogP contribution in [0.15, 0.2) is 12.3 Å². The van der Waals surface area contributed by atoms with E-state index in [0.29, 0.717) is 0 Å². The van der Waals surface area contributed by atoms with Gasteiger partial charge in [-0.2, -0.15) is 0 Å². The van der Waals surface area contributed by atoms with E-state index in [-0.39, 0.29) is 12.2 Å². The van der Waals surface area contributed by atoms with Gasteiger partial charge in [-0.1, -0.05) is 71.1 Å². The summed E-state index contributed by atoms with van der Waals surface area (Å²) in [6.45, 7) is 1.73. The normalized spacial score (nSPS) is 30.0. The summed E-state index contributed by atoms with van der Waals surface area (Å²) in [4.78, 5) is 26.1. The second kappa shape index (κ2) is 13.3. The van der Waals surface area contributed by atoms with Crippen LogP contribution in [0.2, 0.25) is 0 Å². The van der Waals surface area contributed by atoms with Gasteiger partial charge in [-0.15, -0.1) is 0 Å². The smallest absolute Gasteiger partial charge is 0.325 e. The van der Waals surface area contributed by atoms with Crippen molar-refractivity contribution >= 4 is 11.8 Å². The molecule has 0 aromatic carbocycles. The minimum atomic E-state index is -1.61. The molecule has 1 unspecified atom stereocenters. The average Bonchev–Trinajstić information content (AvgIpc) is 3.05. The zero-order valence-corrected chi connectivity index (χ0v) is 19.2. The summed E-state index contributed by atoms with van der Waals surface area (Å²) < 4.78 is 5.36. The minimum Gasteiger partial charge on any atom is -0.394 e. The van der Waals surface area contributed by atoms with Gasteiger partial charge in [0.1, 0.15) is 18.3 Å². The van der Waals surface area contributed by atoms with Crippen molar-refractivity contribution in [3.63, 3.8) is 0 Å². The number of ether oxygens (including phenoxy) is 1. The predicted octanol–water partition coefficient (Wildman–Crippen LogP) is 1.89. The van der Waals surface area contributed by atoms with Crippen LogP contribution >= 0.6 is 0 Å². The highest BCUT2D eigenvalue weighted by Gasteiger charge is 2.48. The van der Waals surface area contributed by atoms with Crippen molar-refractivity contribution in [1.82, 2.24) is 10.2 Å². The summed E-state index contributed by atoms with van der Waals surface area (Å²) in [7, 11) is 0. The van der Waals surface area contributed by atoms with Gasteiger partial charge in [-0.05, 0) is 12.5 Å². The molecule has 5 atom stereocenters. The SMILES string of the molecule is CCCCCCCCCCCCCC(=O)C1(N)C=CN([C@@H]2O[C@H](CO)[C@@H](O)[C@@H]2O)C(=O)N1. The second-order valence-corrected chi connectivity index (χ2v) is 8.96. The highest BCUT2D eigenvalue weighted by molar-refractivity contribution is 5.95. The van der Waals surface area contributed by atoms with E-state index in [2.05, 4.69) is 12.2 Å². The molecule has 2 aliphatic heterocycles. The van der Waals surface area contributed by atoms with Gasteiger partial charge in [0, 0.05) is 12.6 Å². The summed E-state index contributed by atoms with van der Waals surface area (Å²) in [5, 5.41) is 31.6. The van der Waals surface area contributed by atoms with E-state index in [0.717, 1.165) is 24.2 Å². The van der Waals surface area contributed by atoms with Crippen LogP contribution in [-0.4, -0.2) is 68.8 Å². The third-order valence-electron chi connectivity index (χ3n) is 6.31. The Balaban J connectivity index is 1.69. The molecular weight excluding hydrogens is 414 g/mol. The third-order valence-corrected chi connectivity index (χ3v) is 6.31. The highest BCUT2D eigenvalue weighted by Crippen LogP contribution is 2.26. The number of aliphatic hydroxyl groups excluding tert-OH is 3. The van der Waals surface area contributed by atoms with Crippen molar-refractivity contribution in [2.75, 3.05) is 6.61 Å². The van der Waals surface area contributed by atoms with E-state index < -0.39 is 42.8 Å². The number of nitrogens with two attached hydrogens (primary N) is 1. The number of Topliss-reactive ketones (excluding diaryl/α,β-unsaturated/α-hetero) is 1. The minimum absolute atomic E-state index is 0.270. The van der Waals surface area contributed by atoms with Crippen molar-refractivity contribution in [3.8, 4) is 0 Å². The topological polar surface area (TPSA) is 145 Å². The predicted molar refractivity (Wildman–Crippen MR) is 120 cm³/mol. The molecule has 2 amide bonds. The Morgan fingerprint density at radius 3 is 2.12 bits per heavy atom. The molecule has 9 heteroatoms. The number of urea groups is 1. The lowest BCUT2D eigenvalue weighted by Crippen LogP contribution is -2.66. The Kier molecular flexibility index (Phi) is 11.1. The summed E-state index contributed by atoms with van der Waals surface area (Å²) in [6, 6.07) is -0.711. The molecule has 0 spiro atoms. The molecule has 1 saturated heterocycles. The molecule has 0 aliphatic carbocycles. The van der Waals surface area contributed by atoms with Crippen LogP contribution < -0.4 is 11.1 Å². The number of carbonyl (C=O) groups is 2. The molecule has 2 aliphatic rings. The number of carbonyl (C=O) groups excluding carboxylic acids is 2. The highest BCUT2D eigenvalue weighted by atomic mass is 16.6. The fraction of sp³-hybridized carbons (Fsp3) is 0.826. The number of hydrogen-bond acceptors (Lipinski definition) is 7. The summed E-state index contributed by atoms with van der Waals surface area (Å²) in [6.07, 6.45) is 11.0. The van der Waals surface area contributed by atoms with E-state index in [9.17, 15) is 24.9 Å². The van der Waals surface area contributed by atoms with E-state index in [1.54, 1.807) is 0 Å². The van der Waals surface area contributed by atoms with E-state index in [1.807, 2.05) is 0 Å². The molecular formula is C23H41N3O6. The van der Waals surface area contributed by atoms with Crippen LogP contribution in [0.1, 0.15) is 84.0 Å². The molecule has 0 aromatic heterocycles. The number of rotatable bonds is 15. The Hall–Kier alpha value is -1.52. The molecule has 0 radical (unpaired) electrons. The van der Waals surface area contributed by atoms with Crippen LogP contribution in [-0.2, 0) is 9.53 Å². The molecule has 0 saturated carbocycles. The Labute approximate surface area is 191 Å².